The fourth-order valence-electron chi connectivity index (χ4n) is 2.24. The molecule has 3 N–H and O–H groups in total. The Balaban J connectivity index is 2.01. The number of nitro groups is 1. The fraction of sp³-hybridized carbons (Fsp3) is 0.0714. The summed E-state index contributed by atoms with van der Waals surface area (Å²) in [5.74, 6) is 0.516. The molecular weight excluding hydrogens is 298 g/mol. The molecule has 9 nitrogen and oxygen atoms in total. The van der Waals surface area contributed by atoms with E-state index in [0.717, 1.165) is 5.56 Å². The molecule has 9 heteroatoms. The van der Waals surface area contributed by atoms with Gasteiger partial charge in [-0.05, 0) is 17.7 Å². The van der Waals surface area contributed by atoms with E-state index in [-0.39, 0.29) is 17.9 Å². The molecule has 0 fully saturated rings. The van der Waals surface area contributed by atoms with Crippen LogP contribution < -0.4 is 5.73 Å². The van der Waals surface area contributed by atoms with Crippen molar-refractivity contribution in [3.05, 3.63) is 52.6 Å². The van der Waals surface area contributed by atoms with Gasteiger partial charge in [-0.1, -0.05) is 0 Å². The second-order valence-corrected chi connectivity index (χ2v) is 4.75. The minimum absolute atomic E-state index is 0.142. The van der Waals surface area contributed by atoms with E-state index in [4.69, 9.17) is 11.0 Å². The molecule has 0 aliphatic carbocycles. The number of H-pyrrole nitrogens is 1. The summed E-state index contributed by atoms with van der Waals surface area (Å²) in [4.78, 5) is 17.4. The van der Waals surface area contributed by atoms with Crippen LogP contribution in [0.15, 0.2) is 36.9 Å². The van der Waals surface area contributed by atoms with Gasteiger partial charge >= 0.3 is 5.69 Å². The second-order valence-electron chi connectivity index (χ2n) is 4.75. The summed E-state index contributed by atoms with van der Waals surface area (Å²) in [5.41, 5.74) is 7.07. The van der Waals surface area contributed by atoms with E-state index in [1.54, 1.807) is 18.5 Å². The highest BCUT2D eigenvalue weighted by Crippen LogP contribution is 2.33. The maximum absolute atomic E-state index is 11.2. The zero-order chi connectivity index (χ0) is 16.4. The quantitative estimate of drug-likeness (QED) is 0.556. The number of nitrogen functional groups attached to an aromatic ring is 1. The first-order valence-corrected chi connectivity index (χ1v) is 6.58. The Bertz CT molecular complexity index is 919. The van der Waals surface area contributed by atoms with Crippen LogP contribution in [0.1, 0.15) is 5.56 Å². The van der Waals surface area contributed by atoms with E-state index in [9.17, 15) is 10.1 Å². The summed E-state index contributed by atoms with van der Waals surface area (Å²) in [7, 11) is 0. The highest BCUT2D eigenvalue weighted by molar-refractivity contribution is 5.78. The Labute approximate surface area is 130 Å². The van der Waals surface area contributed by atoms with E-state index in [1.165, 1.54) is 23.1 Å². The molecule has 3 aromatic rings. The standard InChI is InChI=1S/C14H11N7O2/c15-3-1-9-5-12(18-6-9)20-8-10(7-19-20)11-2-4-17-14(16)13(11)21(22)23/h2,4-8,18H,1H2,(H2,16,17). The summed E-state index contributed by atoms with van der Waals surface area (Å²) >= 11 is 0. The molecule has 0 bridgehead atoms. The van der Waals surface area contributed by atoms with Crippen LogP contribution in [0, 0.1) is 21.4 Å². The molecule has 0 saturated heterocycles. The molecule has 0 spiro atoms. The fourth-order valence-corrected chi connectivity index (χ4v) is 2.24. The van der Waals surface area contributed by atoms with Crippen LogP contribution in [-0.2, 0) is 6.42 Å². The van der Waals surface area contributed by atoms with Gasteiger partial charge < -0.3 is 10.7 Å². The first-order valence-electron chi connectivity index (χ1n) is 6.58. The third kappa shape index (κ3) is 2.60. The highest BCUT2D eigenvalue weighted by atomic mass is 16.6. The largest absolute Gasteiger partial charge is 0.378 e. The molecule has 0 atom stereocenters. The van der Waals surface area contributed by atoms with Crippen molar-refractivity contribution in [1.29, 1.82) is 5.26 Å². The molecule has 3 rings (SSSR count). The van der Waals surface area contributed by atoms with Crippen molar-refractivity contribution in [2.24, 2.45) is 0 Å². The van der Waals surface area contributed by atoms with E-state index >= 15 is 0 Å². The van der Waals surface area contributed by atoms with Gasteiger partial charge in [0, 0.05) is 24.2 Å². The number of pyridine rings is 1. The number of nitrogens with zero attached hydrogens (tertiary/aromatic N) is 5. The third-order valence-corrected chi connectivity index (χ3v) is 3.29. The average molecular weight is 309 g/mol. The van der Waals surface area contributed by atoms with Gasteiger partial charge in [0.1, 0.15) is 5.82 Å². The van der Waals surface area contributed by atoms with E-state index in [0.29, 0.717) is 16.9 Å². The number of nitrogens with one attached hydrogen (secondary N) is 1. The van der Waals surface area contributed by atoms with Crippen molar-refractivity contribution in [2.45, 2.75) is 6.42 Å². The Morgan fingerprint density at radius 3 is 3.09 bits per heavy atom. The monoisotopic (exact) mass is 309 g/mol. The van der Waals surface area contributed by atoms with Gasteiger partial charge in [-0.15, -0.1) is 0 Å². The summed E-state index contributed by atoms with van der Waals surface area (Å²) in [6.45, 7) is 0. The average Bonchev–Trinajstić information content (AvgIpc) is 3.15. The molecule has 0 unspecified atom stereocenters. The lowest BCUT2D eigenvalue weighted by Gasteiger charge is -2.01. The minimum Gasteiger partial charge on any atom is -0.378 e. The van der Waals surface area contributed by atoms with Gasteiger partial charge in [0.2, 0.25) is 5.82 Å². The SMILES string of the molecule is N#CCc1c[nH]c(-n2cc(-c3ccnc(N)c3[N+](=O)[O-])cn2)c1. The van der Waals surface area contributed by atoms with Crippen LogP contribution in [0.5, 0.6) is 0 Å². The third-order valence-electron chi connectivity index (χ3n) is 3.29. The number of anilines is 1. The zero-order valence-electron chi connectivity index (χ0n) is 11.8. The molecule has 0 aliphatic heterocycles. The lowest BCUT2D eigenvalue weighted by Crippen LogP contribution is -2.00. The molecule has 3 aromatic heterocycles. The van der Waals surface area contributed by atoms with Crippen LogP contribution in [0.25, 0.3) is 16.9 Å². The summed E-state index contributed by atoms with van der Waals surface area (Å²) in [6.07, 6.45) is 6.56. The van der Waals surface area contributed by atoms with E-state index in [2.05, 4.69) is 21.1 Å². The van der Waals surface area contributed by atoms with Gasteiger partial charge in [-0.25, -0.2) is 9.67 Å². The Kier molecular flexibility index (Phi) is 3.48. The molecular formula is C14H11N7O2. The maximum Gasteiger partial charge on any atom is 0.319 e. The predicted molar refractivity (Wildman–Crippen MR) is 81.5 cm³/mol. The second kappa shape index (κ2) is 5.61. The molecule has 0 saturated carbocycles. The molecule has 23 heavy (non-hydrogen) atoms. The first kappa shape index (κ1) is 14.3. The first-order chi connectivity index (χ1) is 11.1. The van der Waals surface area contributed by atoms with Crippen molar-refractivity contribution in [3.63, 3.8) is 0 Å². The molecule has 0 amide bonds. The summed E-state index contributed by atoms with van der Waals surface area (Å²) < 4.78 is 1.54. The van der Waals surface area contributed by atoms with Crippen molar-refractivity contribution in [1.82, 2.24) is 19.7 Å². The van der Waals surface area contributed by atoms with Crippen molar-refractivity contribution in [3.8, 4) is 23.0 Å². The topological polar surface area (TPSA) is 139 Å². The number of aromatic amines is 1. The maximum atomic E-state index is 11.2. The number of aromatic nitrogens is 4. The van der Waals surface area contributed by atoms with Crippen LogP contribution in [-0.4, -0.2) is 24.7 Å². The van der Waals surface area contributed by atoms with Crippen LogP contribution in [0.4, 0.5) is 11.5 Å². The van der Waals surface area contributed by atoms with Gasteiger partial charge in [-0.2, -0.15) is 10.4 Å². The van der Waals surface area contributed by atoms with Crippen molar-refractivity contribution in [2.75, 3.05) is 5.73 Å². The minimum atomic E-state index is -0.561. The van der Waals surface area contributed by atoms with Gasteiger partial charge in [0.25, 0.3) is 0 Å². The van der Waals surface area contributed by atoms with Crippen molar-refractivity contribution >= 4 is 11.5 Å². The Morgan fingerprint density at radius 1 is 1.52 bits per heavy atom. The van der Waals surface area contributed by atoms with Crippen LogP contribution >= 0.6 is 0 Å². The zero-order valence-corrected chi connectivity index (χ0v) is 11.8. The number of nitriles is 1. The Morgan fingerprint density at radius 2 is 2.35 bits per heavy atom. The van der Waals surface area contributed by atoms with Crippen LogP contribution in [0.3, 0.4) is 0 Å². The normalized spacial score (nSPS) is 10.4. The highest BCUT2D eigenvalue weighted by Gasteiger charge is 2.21. The molecule has 0 aliphatic rings. The molecule has 0 radical (unpaired) electrons. The van der Waals surface area contributed by atoms with E-state index < -0.39 is 4.92 Å². The van der Waals surface area contributed by atoms with Crippen molar-refractivity contribution < 1.29 is 4.92 Å². The van der Waals surface area contributed by atoms with Gasteiger partial charge in [-0.3, -0.25) is 10.1 Å². The van der Waals surface area contributed by atoms with Gasteiger partial charge in [0.15, 0.2) is 0 Å². The molecule has 3 heterocycles. The lowest BCUT2D eigenvalue weighted by molar-refractivity contribution is -0.383. The lowest BCUT2D eigenvalue weighted by atomic mass is 10.1. The molecule has 0 aromatic carbocycles. The molecule has 114 valence electrons. The number of hydrogen-bond donors (Lipinski definition) is 2. The van der Waals surface area contributed by atoms with Crippen LogP contribution in [0.2, 0.25) is 0 Å². The number of nitrogens with two attached hydrogens (primary N) is 1. The van der Waals surface area contributed by atoms with E-state index in [1.807, 2.05) is 0 Å². The number of hydrogen-bond acceptors (Lipinski definition) is 6. The predicted octanol–water partition coefficient (Wildman–Crippen LogP) is 1.82. The number of rotatable bonds is 4. The summed E-state index contributed by atoms with van der Waals surface area (Å²) in [6, 6.07) is 5.37. The smallest absolute Gasteiger partial charge is 0.319 e. The Hall–Kier alpha value is -3.67. The van der Waals surface area contributed by atoms with Gasteiger partial charge in [0.05, 0.1) is 29.2 Å². The summed E-state index contributed by atoms with van der Waals surface area (Å²) in [5, 5.41) is 24.1.